The zero-order chi connectivity index (χ0) is 24.6. The molecule has 10 nitrogen and oxygen atoms in total. The molecule has 0 radical (unpaired) electrons. The van der Waals surface area contributed by atoms with Gasteiger partial charge in [-0.3, -0.25) is 0 Å². The Morgan fingerprint density at radius 2 is 1.85 bits per heavy atom. The number of aromatic nitrogens is 6. The van der Waals surface area contributed by atoms with Gasteiger partial charge in [0.1, 0.15) is 5.75 Å². The van der Waals surface area contributed by atoms with E-state index in [0.29, 0.717) is 17.2 Å². The van der Waals surface area contributed by atoms with Gasteiger partial charge in [0.2, 0.25) is 0 Å². The van der Waals surface area contributed by atoms with Crippen LogP contribution in [0.5, 0.6) is 5.75 Å². The Morgan fingerprint density at radius 3 is 2.44 bits per heavy atom. The first-order chi connectivity index (χ1) is 16.2. The molecule has 0 saturated heterocycles. The van der Waals surface area contributed by atoms with E-state index in [9.17, 15) is 4.79 Å². The highest BCUT2D eigenvalue weighted by Crippen LogP contribution is 2.32. The molecule has 0 N–H and O–H groups in total. The number of rotatable bonds is 7. The molecule has 178 valence electrons. The molecular weight excluding hydrogens is 434 g/mol. The second-order valence-electron chi connectivity index (χ2n) is 8.69. The number of anilines is 2. The van der Waals surface area contributed by atoms with Crippen molar-refractivity contribution in [3.8, 4) is 11.4 Å². The average Bonchev–Trinajstić information content (AvgIpc) is 3.42. The van der Waals surface area contributed by atoms with E-state index in [4.69, 9.17) is 9.57 Å². The summed E-state index contributed by atoms with van der Waals surface area (Å²) in [7, 11) is 1.58. The Kier molecular flexibility index (Phi) is 6.23. The summed E-state index contributed by atoms with van der Waals surface area (Å²) in [6, 6.07) is 7.46. The molecule has 4 rings (SSSR count). The van der Waals surface area contributed by atoms with Crippen LogP contribution in [0.2, 0.25) is 0 Å². The Hall–Kier alpha value is -3.95. The number of nitrogens with zero attached hydrogens (tertiary/aromatic N) is 7. The van der Waals surface area contributed by atoms with Crippen LogP contribution in [-0.4, -0.2) is 42.2 Å². The molecule has 1 aromatic carbocycles. The normalized spacial score (nSPS) is 11.4. The van der Waals surface area contributed by atoms with Crippen molar-refractivity contribution in [1.29, 1.82) is 0 Å². The number of fused-ring (bicyclic) bond motifs is 1. The summed E-state index contributed by atoms with van der Waals surface area (Å²) in [5, 5.41) is 5.93. The third kappa shape index (κ3) is 4.43. The van der Waals surface area contributed by atoms with Crippen LogP contribution in [-0.2, 0) is 9.63 Å². The van der Waals surface area contributed by atoms with E-state index in [2.05, 4.69) is 47.7 Å². The fraction of sp³-hybridized carbons (Fsp3) is 0.375. The highest BCUT2D eigenvalue weighted by molar-refractivity contribution is 5.71. The maximum Gasteiger partial charge on any atom is 0.330 e. The maximum absolute atomic E-state index is 12.0. The number of ether oxygens (including phenoxy) is 1. The summed E-state index contributed by atoms with van der Waals surface area (Å²) in [6.45, 7) is 11.6. The van der Waals surface area contributed by atoms with Gasteiger partial charge in [0.05, 0.1) is 36.2 Å². The SMILES string of the molecule is COc1cc(N(OC(C)=O)c2nc3nc(C(C)C)cc(C(C)C)n3n2)ccc1-n1cnc(C)c1. The Labute approximate surface area is 198 Å². The third-order valence-electron chi connectivity index (χ3n) is 5.32. The van der Waals surface area contributed by atoms with E-state index < -0.39 is 5.97 Å². The van der Waals surface area contributed by atoms with Crippen molar-refractivity contribution in [3.05, 3.63) is 53.9 Å². The lowest BCUT2D eigenvalue weighted by Crippen LogP contribution is -2.22. The molecule has 3 aromatic heterocycles. The van der Waals surface area contributed by atoms with Crippen LogP contribution in [0.3, 0.4) is 0 Å². The van der Waals surface area contributed by atoms with E-state index in [1.165, 1.54) is 12.0 Å². The van der Waals surface area contributed by atoms with Gasteiger partial charge in [-0.2, -0.15) is 9.50 Å². The summed E-state index contributed by atoms with van der Waals surface area (Å²) in [4.78, 5) is 31.1. The molecule has 0 aliphatic rings. The molecule has 10 heteroatoms. The lowest BCUT2D eigenvalue weighted by molar-refractivity contribution is -0.141. The number of benzene rings is 1. The summed E-state index contributed by atoms with van der Waals surface area (Å²) in [5.41, 5.74) is 4.10. The van der Waals surface area contributed by atoms with Crippen molar-refractivity contribution in [1.82, 2.24) is 29.1 Å². The van der Waals surface area contributed by atoms with Crippen molar-refractivity contribution in [2.45, 2.75) is 53.4 Å². The van der Waals surface area contributed by atoms with Gasteiger partial charge < -0.3 is 14.1 Å². The van der Waals surface area contributed by atoms with Crippen molar-refractivity contribution in [2.24, 2.45) is 0 Å². The molecule has 3 heterocycles. The smallest absolute Gasteiger partial charge is 0.330 e. The Morgan fingerprint density at radius 1 is 1.09 bits per heavy atom. The monoisotopic (exact) mass is 463 g/mol. The average molecular weight is 464 g/mol. The summed E-state index contributed by atoms with van der Waals surface area (Å²) < 4.78 is 9.18. The predicted molar refractivity (Wildman–Crippen MR) is 128 cm³/mol. The van der Waals surface area contributed by atoms with Gasteiger partial charge in [0.15, 0.2) is 0 Å². The third-order valence-corrected chi connectivity index (χ3v) is 5.32. The molecule has 0 aliphatic heterocycles. The lowest BCUT2D eigenvalue weighted by atomic mass is 10.1. The van der Waals surface area contributed by atoms with Crippen molar-refractivity contribution >= 4 is 23.4 Å². The molecule has 0 bridgehead atoms. The first-order valence-corrected chi connectivity index (χ1v) is 11.1. The first-order valence-electron chi connectivity index (χ1n) is 11.1. The molecule has 34 heavy (non-hydrogen) atoms. The molecule has 0 saturated carbocycles. The fourth-order valence-electron chi connectivity index (χ4n) is 3.59. The van der Waals surface area contributed by atoms with Crippen LogP contribution < -0.4 is 9.80 Å². The van der Waals surface area contributed by atoms with E-state index in [-0.39, 0.29) is 17.8 Å². The molecule has 0 aliphatic carbocycles. The molecule has 0 spiro atoms. The van der Waals surface area contributed by atoms with Gasteiger partial charge >= 0.3 is 5.97 Å². The molecule has 4 aromatic rings. The highest BCUT2D eigenvalue weighted by Gasteiger charge is 2.23. The minimum Gasteiger partial charge on any atom is -0.494 e. The standard InChI is InChI=1S/C24H29N7O3/c1-14(2)19-11-21(15(3)4)30-23(26-19)27-24(28-30)31(34-17(6)32)18-8-9-20(22(10-18)33-7)29-12-16(5)25-13-29/h8-15H,1-7H3. The number of hydrogen-bond donors (Lipinski definition) is 0. The fourth-order valence-corrected chi connectivity index (χ4v) is 3.59. The summed E-state index contributed by atoms with van der Waals surface area (Å²) in [6.07, 6.45) is 3.61. The van der Waals surface area contributed by atoms with Gasteiger partial charge in [-0.1, -0.05) is 27.7 Å². The quantitative estimate of drug-likeness (QED) is 0.370. The highest BCUT2D eigenvalue weighted by atomic mass is 16.7. The van der Waals surface area contributed by atoms with Crippen LogP contribution in [0, 0.1) is 6.92 Å². The van der Waals surface area contributed by atoms with Gasteiger partial charge in [0, 0.05) is 24.9 Å². The second-order valence-corrected chi connectivity index (χ2v) is 8.69. The van der Waals surface area contributed by atoms with Gasteiger partial charge in [-0.15, -0.1) is 10.2 Å². The number of methoxy groups -OCH3 is 1. The molecular formula is C24H29N7O3. The maximum atomic E-state index is 12.0. The van der Waals surface area contributed by atoms with E-state index in [1.54, 1.807) is 30.1 Å². The van der Waals surface area contributed by atoms with Crippen molar-refractivity contribution < 1.29 is 14.4 Å². The van der Waals surface area contributed by atoms with Gasteiger partial charge in [-0.05, 0) is 37.0 Å². The second kappa shape index (κ2) is 9.12. The van der Waals surface area contributed by atoms with Crippen molar-refractivity contribution in [3.63, 3.8) is 0 Å². The van der Waals surface area contributed by atoms with Crippen LogP contribution >= 0.6 is 0 Å². The number of carbonyl (C=O) groups excluding carboxylic acids is 1. The van der Waals surface area contributed by atoms with Crippen LogP contribution in [0.15, 0.2) is 36.8 Å². The number of aryl methyl sites for hydroxylation is 1. The first kappa shape index (κ1) is 23.2. The molecule has 0 amide bonds. The summed E-state index contributed by atoms with van der Waals surface area (Å²) >= 11 is 0. The summed E-state index contributed by atoms with van der Waals surface area (Å²) in [5.74, 6) is 1.12. The van der Waals surface area contributed by atoms with Gasteiger partial charge in [0.25, 0.3) is 11.7 Å². The predicted octanol–water partition coefficient (Wildman–Crippen LogP) is 4.49. The van der Waals surface area contributed by atoms with Crippen LogP contribution in [0.1, 0.15) is 63.5 Å². The minimum atomic E-state index is -0.507. The van der Waals surface area contributed by atoms with E-state index >= 15 is 0 Å². The molecule has 0 fully saturated rings. The van der Waals surface area contributed by atoms with E-state index in [0.717, 1.165) is 22.8 Å². The Bertz CT molecular complexity index is 1340. The van der Waals surface area contributed by atoms with Crippen molar-refractivity contribution in [2.75, 3.05) is 12.2 Å². The number of hydrogen-bond acceptors (Lipinski definition) is 8. The zero-order valence-electron chi connectivity index (χ0n) is 20.5. The number of carbonyl (C=O) groups is 1. The van der Waals surface area contributed by atoms with E-state index in [1.807, 2.05) is 29.8 Å². The van der Waals surface area contributed by atoms with Crippen LogP contribution in [0.4, 0.5) is 11.6 Å². The number of imidazole rings is 1. The van der Waals surface area contributed by atoms with Gasteiger partial charge in [-0.25, -0.2) is 14.8 Å². The topological polar surface area (TPSA) is 99.7 Å². The Balaban J connectivity index is 1.84. The zero-order valence-corrected chi connectivity index (χ0v) is 20.5. The molecule has 0 unspecified atom stereocenters. The lowest BCUT2D eigenvalue weighted by Gasteiger charge is -2.20. The molecule has 0 atom stereocenters. The minimum absolute atomic E-state index is 0.192. The largest absolute Gasteiger partial charge is 0.494 e. The van der Waals surface area contributed by atoms with Crippen LogP contribution in [0.25, 0.3) is 11.5 Å².